The topological polar surface area (TPSA) is 45.9 Å². The van der Waals surface area contributed by atoms with Gasteiger partial charge in [-0.25, -0.2) is 0 Å². The average Bonchev–Trinajstić information content (AvgIpc) is 2.16. The molecule has 0 aliphatic rings. The van der Waals surface area contributed by atoms with E-state index in [1.54, 1.807) is 26.8 Å². The molecule has 0 saturated heterocycles. The van der Waals surface area contributed by atoms with Gasteiger partial charge in [-0.05, 0) is 27.7 Å². The molecule has 3 heteroatoms. The van der Waals surface area contributed by atoms with Gasteiger partial charge < -0.3 is 4.74 Å². The van der Waals surface area contributed by atoms with Crippen LogP contribution in [0.4, 0.5) is 0 Å². The third kappa shape index (κ3) is 2.52. The van der Waals surface area contributed by atoms with Gasteiger partial charge in [0, 0.05) is 11.8 Å². The molecule has 1 heterocycles. The number of hydrogen-bond acceptors (Lipinski definition) is 3. The molecule has 1 aromatic rings. The van der Waals surface area contributed by atoms with E-state index in [1.165, 1.54) is 0 Å². The van der Waals surface area contributed by atoms with Crippen LogP contribution < -0.4 is 4.74 Å². The molecule has 1 aromatic heterocycles. The molecule has 0 atom stereocenters. The van der Waals surface area contributed by atoms with Crippen LogP contribution in [0.5, 0.6) is 5.75 Å². The van der Waals surface area contributed by atoms with E-state index in [0.29, 0.717) is 17.0 Å². The highest BCUT2D eigenvalue weighted by Crippen LogP contribution is 2.25. The zero-order valence-corrected chi connectivity index (χ0v) is 9.96. The number of aryl methyl sites for hydroxylation is 2. The number of aromatic nitrogens is 1. The summed E-state index contributed by atoms with van der Waals surface area (Å²) in [6, 6.07) is 3.81. The standard InChI is InChI=1S/C13H14N2O/c1-6-13(4,5)16-12-7-9(2)15-10(3)11(12)8-14/h1,7H,2-5H3. The lowest BCUT2D eigenvalue weighted by Crippen LogP contribution is -2.26. The Morgan fingerprint density at radius 2 is 2.06 bits per heavy atom. The Kier molecular flexibility index (Phi) is 3.20. The van der Waals surface area contributed by atoms with Crippen molar-refractivity contribution >= 4 is 0 Å². The molecule has 0 N–H and O–H groups in total. The van der Waals surface area contributed by atoms with Crippen LogP contribution in [-0.2, 0) is 0 Å². The molecule has 1 rings (SSSR count). The molecule has 0 saturated carbocycles. The number of nitriles is 1. The minimum atomic E-state index is -0.730. The maximum atomic E-state index is 9.04. The van der Waals surface area contributed by atoms with Gasteiger partial charge in [-0.3, -0.25) is 4.98 Å². The van der Waals surface area contributed by atoms with Crippen molar-refractivity contribution < 1.29 is 4.74 Å². The highest BCUT2D eigenvalue weighted by Gasteiger charge is 2.19. The second-order valence-corrected chi connectivity index (χ2v) is 4.09. The average molecular weight is 214 g/mol. The second-order valence-electron chi connectivity index (χ2n) is 4.09. The first-order chi connectivity index (χ1) is 7.39. The Morgan fingerprint density at radius 3 is 2.56 bits per heavy atom. The number of pyridine rings is 1. The van der Waals surface area contributed by atoms with Crippen molar-refractivity contribution in [1.82, 2.24) is 4.98 Å². The summed E-state index contributed by atoms with van der Waals surface area (Å²) in [5.41, 5.74) is 1.17. The summed E-state index contributed by atoms with van der Waals surface area (Å²) in [7, 11) is 0. The molecule has 0 aliphatic heterocycles. The zero-order chi connectivity index (χ0) is 12.3. The van der Waals surface area contributed by atoms with Gasteiger partial charge in [0.2, 0.25) is 0 Å². The van der Waals surface area contributed by atoms with Crippen LogP contribution in [0.25, 0.3) is 0 Å². The summed E-state index contributed by atoms with van der Waals surface area (Å²) >= 11 is 0. The van der Waals surface area contributed by atoms with Crippen LogP contribution in [-0.4, -0.2) is 10.6 Å². The fraction of sp³-hybridized carbons (Fsp3) is 0.385. The quantitative estimate of drug-likeness (QED) is 0.710. The molecular formula is C13H14N2O. The number of nitrogens with zero attached hydrogens (tertiary/aromatic N) is 2. The predicted molar refractivity (Wildman–Crippen MR) is 62.0 cm³/mol. The maximum absolute atomic E-state index is 9.04. The van der Waals surface area contributed by atoms with Gasteiger partial charge in [-0.1, -0.05) is 5.92 Å². The van der Waals surface area contributed by atoms with Gasteiger partial charge in [0.05, 0.1) is 5.69 Å². The molecule has 0 radical (unpaired) electrons. The van der Waals surface area contributed by atoms with Crippen molar-refractivity contribution in [3.63, 3.8) is 0 Å². The van der Waals surface area contributed by atoms with Crippen LogP contribution in [0.1, 0.15) is 30.8 Å². The Bertz CT molecular complexity index is 490. The number of terminal acetylenes is 1. The zero-order valence-electron chi connectivity index (χ0n) is 9.96. The van der Waals surface area contributed by atoms with Crippen molar-refractivity contribution in [1.29, 1.82) is 5.26 Å². The molecule has 16 heavy (non-hydrogen) atoms. The van der Waals surface area contributed by atoms with Crippen LogP contribution in [0.15, 0.2) is 6.07 Å². The molecule has 3 nitrogen and oxygen atoms in total. The molecule has 0 bridgehead atoms. The van der Waals surface area contributed by atoms with Crippen LogP contribution in [0, 0.1) is 37.5 Å². The van der Waals surface area contributed by atoms with Crippen LogP contribution >= 0.6 is 0 Å². The third-order valence-electron chi connectivity index (χ3n) is 2.12. The highest BCUT2D eigenvalue weighted by atomic mass is 16.5. The number of rotatable bonds is 2. The Morgan fingerprint density at radius 1 is 1.44 bits per heavy atom. The van der Waals surface area contributed by atoms with Crippen molar-refractivity contribution in [2.75, 3.05) is 0 Å². The van der Waals surface area contributed by atoms with Gasteiger partial charge >= 0.3 is 0 Å². The largest absolute Gasteiger partial charge is 0.474 e. The summed E-state index contributed by atoms with van der Waals surface area (Å²) in [4.78, 5) is 4.21. The van der Waals surface area contributed by atoms with Crippen LogP contribution in [0.2, 0.25) is 0 Å². The van der Waals surface area contributed by atoms with E-state index in [-0.39, 0.29) is 0 Å². The lowest BCUT2D eigenvalue weighted by molar-refractivity contribution is 0.171. The number of hydrogen-bond donors (Lipinski definition) is 0. The van der Waals surface area contributed by atoms with E-state index in [4.69, 9.17) is 16.4 Å². The third-order valence-corrected chi connectivity index (χ3v) is 2.12. The maximum Gasteiger partial charge on any atom is 0.163 e. The summed E-state index contributed by atoms with van der Waals surface area (Å²) in [5.74, 6) is 3.02. The minimum absolute atomic E-state index is 0.439. The molecule has 0 spiro atoms. The van der Waals surface area contributed by atoms with Crippen molar-refractivity contribution in [2.24, 2.45) is 0 Å². The van der Waals surface area contributed by atoms with E-state index in [2.05, 4.69) is 17.0 Å². The van der Waals surface area contributed by atoms with Crippen molar-refractivity contribution in [3.8, 4) is 24.2 Å². The van der Waals surface area contributed by atoms with Crippen molar-refractivity contribution in [2.45, 2.75) is 33.3 Å². The smallest absolute Gasteiger partial charge is 0.163 e. The molecule has 0 aromatic carbocycles. The fourth-order valence-electron chi connectivity index (χ4n) is 1.31. The number of ether oxygens (including phenoxy) is 1. The first-order valence-corrected chi connectivity index (χ1v) is 4.95. The molecule has 0 aliphatic carbocycles. The molecular weight excluding hydrogens is 200 g/mol. The summed E-state index contributed by atoms with van der Waals surface area (Å²) in [5, 5.41) is 9.04. The van der Waals surface area contributed by atoms with E-state index in [0.717, 1.165) is 5.69 Å². The normalized spacial score (nSPS) is 10.4. The van der Waals surface area contributed by atoms with E-state index in [9.17, 15) is 0 Å². The van der Waals surface area contributed by atoms with Gasteiger partial charge in [-0.2, -0.15) is 5.26 Å². The highest BCUT2D eigenvalue weighted by molar-refractivity contribution is 5.47. The van der Waals surface area contributed by atoms with E-state index in [1.807, 2.05) is 6.92 Å². The van der Waals surface area contributed by atoms with Crippen molar-refractivity contribution in [3.05, 3.63) is 23.0 Å². The monoisotopic (exact) mass is 214 g/mol. The Labute approximate surface area is 96.1 Å². The molecule has 0 fully saturated rings. The molecule has 0 unspecified atom stereocenters. The summed E-state index contributed by atoms with van der Waals surface area (Å²) in [6.45, 7) is 7.18. The van der Waals surface area contributed by atoms with Gasteiger partial charge in [0.25, 0.3) is 0 Å². The van der Waals surface area contributed by atoms with Gasteiger partial charge in [-0.15, -0.1) is 6.42 Å². The Hall–Kier alpha value is -2.00. The first-order valence-electron chi connectivity index (χ1n) is 4.95. The minimum Gasteiger partial charge on any atom is -0.474 e. The van der Waals surface area contributed by atoms with Crippen LogP contribution in [0.3, 0.4) is 0 Å². The lowest BCUT2D eigenvalue weighted by atomic mass is 10.1. The lowest BCUT2D eigenvalue weighted by Gasteiger charge is -2.21. The summed E-state index contributed by atoms with van der Waals surface area (Å²) < 4.78 is 5.64. The fourth-order valence-corrected chi connectivity index (χ4v) is 1.31. The summed E-state index contributed by atoms with van der Waals surface area (Å²) in [6.07, 6.45) is 5.35. The SMILES string of the molecule is C#CC(C)(C)Oc1cc(C)nc(C)c1C#N. The van der Waals surface area contributed by atoms with E-state index >= 15 is 0 Å². The predicted octanol–water partition coefficient (Wildman–Crippen LogP) is 2.36. The second kappa shape index (κ2) is 4.24. The van der Waals surface area contributed by atoms with Gasteiger partial charge in [0.15, 0.2) is 5.60 Å². The van der Waals surface area contributed by atoms with Gasteiger partial charge in [0.1, 0.15) is 17.4 Å². The molecule has 0 amide bonds. The first kappa shape index (κ1) is 12.1. The Balaban J connectivity index is 3.25. The molecule has 82 valence electrons. The van der Waals surface area contributed by atoms with E-state index < -0.39 is 5.60 Å².